The molecule has 0 spiro atoms. The van der Waals surface area contributed by atoms with Gasteiger partial charge in [-0.2, -0.15) is 0 Å². The van der Waals surface area contributed by atoms with E-state index in [1.165, 1.54) is 37.8 Å². The second-order valence-corrected chi connectivity index (χ2v) is 6.65. The van der Waals surface area contributed by atoms with Crippen LogP contribution in [-0.4, -0.2) is 12.6 Å². The zero-order chi connectivity index (χ0) is 19.5. The molecule has 27 heavy (non-hydrogen) atoms. The third kappa shape index (κ3) is 7.05. The highest BCUT2D eigenvalue weighted by molar-refractivity contribution is 5.91. The van der Waals surface area contributed by atoms with Crippen LogP contribution in [-0.2, 0) is 6.42 Å². The first-order valence-electron chi connectivity index (χ1n) is 9.87. The maximum absolute atomic E-state index is 14.2. The van der Waals surface area contributed by atoms with Gasteiger partial charge in [0.05, 0.1) is 12.2 Å². The molecule has 146 valence electrons. The molecule has 0 fully saturated rings. The summed E-state index contributed by atoms with van der Waals surface area (Å²) in [5, 5.41) is 0. The Morgan fingerprint density at radius 2 is 1.63 bits per heavy atom. The number of aryl methyl sites for hydroxylation is 1. The Labute approximate surface area is 161 Å². The molecule has 2 aromatic rings. The number of hydrogen-bond acceptors (Lipinski definition) is 3. The zero-order valence-electron chi connectivity index (χ0n) is 16.3. The minimum Gasteiger partial charge on any atom is -0.491 e. The fourth-order valence-electron chi connectivity index (χ4n) is 2.77. The van der Waals surface area contributed by atoms with Crippen LogP contribution in [0, 0.1) is 5.82 Å². The predicted molar refractivity (Wildman–Crippen MR) is 106 cm³/mol. The number of carbonyl (C=O) groups excluding carboxylic acids is 1. The summed E-state index contributed by atoms with van der Waals surface area (Å²) in [5.74, 6) is -0.662. The summed E-state index contributed by atoms with van der Waals surface area (Å²) in [6, 6.07) is 11.5. The SMILES string of the molecule is CCCCCCCCOc1ccc(OC(=O)c2ccc(CC)cc2)cc1F. The monoisotopic (exact) mass is 372 g/mol. The fourth-order valence-corrected chi connectivity index (χ4v) is 2.77. The van der Waals surface area contributed by atoms with Gasteiger partial charge in [0.15, 0.2) is 11.6 Å². The molecule has 3 nitrogen and oxygen atoms in total. The van der Waals surface area contributed by atoms with Crippen LogP contribution in [0.1, 0.15) is 68.3 Å². The highest BCUT2D eigenvalue weighted by Crippen LogP contribution is 2.24. The van der Waals surface area contributed by atoms with Crippen molar-refractivity contribution in [3.8, 4) is 11.5 Å². The average molecular weight is 372 g/mol. The van der Waals surface area contributed by atoms with Crippen molar-refractivity contribution in [2.75, 3.05) is 6.61 Å². The van der Waals surface area contributed by atoms with Crippen LogP contribution in [0.5, 0.6) is 11.5 Å². The third-order valence-electron chi connectivity index (χ3n) is 4.47. The maximum Gasteiger partial charge on any atom is 0.343 e. The second-order valence-electron chi connectivity index (χ2n) is 6.65. The van der Waals surface area contributed by atoms with E-state index in [0.29, 0.717) is 12.2 Å². The minimum absolute atomic E-state index is 0.170. The van der Waals surface area contributed by atoms with E-state index in [-0.39, 0.29) is 11.5 Å². The van der Waals surface area contributed by atoms with E-state index in [4.69, 9.17) is 9.47 Å². The molecule has 0 heterocycles. The summed E-state index contributed by atoms with van der Waals surface area (Å²) >= 11 is 0. The normalized spacial score (nSPS) is 10.6. The molecule has 0 aliphatic carbocycles. The molecule has 2 rings (SSSR count). The summed E-state index contributed by atoms with van der Waals surface area (Å²) in [7, 11) is 0. The molecule has 0 amide bonds. The molecule has 0 saturated carbocycles. The molecule has 0 radical (unpaired) electrons. The van der Waals surface area contributed by atoms with Gasteiger partial charge in [0.2, 0.25) is 0 Å². The van der Waals surface area contributed by atoms with Gasteiger partial charge >= 0.3 is 5.97 Å². The first-order valence-corrected chi connectivity index (χ1v) is 9.87. The van der Waals surface area contributed by atoms with Gasteiger partial charge in [-0.1, -0.05) is 58.1 Å². The molecule has 0 saturated heterocycles. The smallest absolute Gasteiger partial charge is 0.343 e. The first kappa shape index (κ1) is 20.9. The van der Waals surface area contributed by atoms with Gasteiger partial charge in [-0.25, -0.2) is 9.18 Å². The number of rotatable bonds is 11. The van der Waals surface area contributed by atoms with E-state index in [9.17, 15) is 9.18 Å². The Morgan fingerprint density at radius 1 is 0.926 bits per heavy atom. The Kier molecular flexibility index (Phi) is 8.82. The van der Waals surface area contributed by atoms with Crippen molar-refractivity contribution in [3.05, 3.63) is 59.4 Å². The van der Waals surface area contributed by atoms with Crippen LogP contribution < -0.4 is 9.47 Å². The quantitative estimate of drug-likeness (QED) is 0.262. The molecule has 2 aromatic carbocycles. The Morgan fingerprint density at radius 3 is 2.30 bits per heavy atom. The summed E-state index contributed by atoms with van der Waals surface area (Å²) in [6.07, 6.45) is 7.82. The summed E-state index contributed by atoms with van der Waals surface area (Å²) in [6.45, 7) is 4.73. The lowest BCUT2D eigenvalue weighted by molar-refractivity contribution is 0.0734. The lowest BCUT2D eigenvalue weighted by Crippen LogP contribution is -2.09. The van der Waals surface area contributed by atoms with Gasteiger partial charge in [0.1, 0.15) is 5.75 Å². The number of ether oxygens (including phenoxy) is 2. The lowest BCUT2D eigenvalue weighted by atomic mass is 10.1. The van der Waals surface area contributed by atoms with E-state index < -0.39 is 11.8 Å². The van der Waals surface area contributed by atoms with E-state index in [1.54, 1.807) is 18.2 Å². The second kappa shape index (κ2) is 11.4. The van der Waals surface area contributed by atoms with Crippen LogP contribution >= 0.6 is 0 Å². The van der Waals surface area contributed by atoms with Crippen molar-refractivity contribution in [1.82, 2.24) is 0 Å². The van der Waals surface area contributed by atoms with E-state index in [1.807, 2.05) is 19.1 Å². The predicted octanol–water partition coefficient (Wildman–Crippen LogP) is 6.35. The Bertz CT molecular complexity index is 710. The molecular weight excluding hydrogens is 343 g/mol. The molecule has 0 atom stereocenters. The average Bonchev–Trinajstić information content (AvgIpc) is 2.68. The molecule has 0 aromatic heterocycles. The van der Waals surface area contributed by atoms with E-state index in [0.717, 1.165) is 24.8 Å². The standard InChI is InChI=1S/C23H29FO3/c1-3-5-6-7-8-9-16-26-22-15-14-20(17-21(22)24)27-23(25)19-12-10-18(4-2)11-13-19/h10-15,17H,3-9,16H2,1-2H3. The Hall–Kier alpha value is -2.36. The topological polar surface area (TPSA) is 35.5 Å². The van der Waals surface area contributed by atoms with Crippen molar-refractivity contribution >= 4 is 5.97 Å². The molecule has 0 aliphatic rings. The summed E-state index contributed by atoms with van der Waals surface area (Å²) in [5.41, 5.74) is 1.58. The number of hydrogen-bond donors (Lipinski definition) is 0. The van der Waals surface area contributed by atoms with Crippen LogP contribution in [0.3, 0.4) is 0 Å². The molecule has 0 bridgehead atoms. The van der Waals surface area contributed by atoms with Crippen molar-refractivity contribution in [2.24, 2.45) is 0 Å². The molecule has 4 heteroatoms. The van der Waals surface area contributed by atoms with Crippen LogP contribution in [0.2, 0.25) is 0 Å². The van der Waals surface area contributed by atoms with Crippen molar-refractivity contribution in [3.63, 3.8) is 0 Å². The number of carbonyl (C=O) groups is 1. The zero-order valence-corrected chi connectivity index (χ0v) is 16.3. The fraction of sp³-hybridized carbons (Fsp3) is 0.435. The number of esters is 1. The van der Waals surface area contributed by atoms with Gasteiger partial charge in [0.25, 0.3) is 0 Å². The molecule has 0 N–H and O–H groups in total. The van der Waals surface area contributed by atoms with Gasteiger partial charge in [0, 0.05) is 6.07 Å². The number of unbranched alkanes of at least 4 members (excludes halogenated alkanes) is 5. The molecule has 0 unspecified atom stereocenters. The minimum atomic E-state index is -0.521. The first-order chi connectivity index (χ1) is 13.1. The lowest BCUT2D eigenvalue weighted by Gasteiger charge is -2.09. The molecular formula is C23H29FO3. The third-order valence-corrected chi connectivity index (χ3v) is 4.47. The van der Waals surface area contributed by atoms with Crippen LogP contribution in [0.15, 0.2) is 42.5 Å². The van der Waals surface area contributed by atoms with Crippen LogP contribution in [0.4, 0.5) is 4.39 Å². The molecule has 0 aliphatic heterocycles. The van der Waals surface area contributed by atoms with Crippen molar-refractivity contribution in [1.29, 1.82) is 0 Å². The van der Waals surface area contributed by atoms with E-state index >= 15 is 0 Å². The largest absolute Gasteiger partial charge is 0.491 e. The van der Waals surface area contributed by atoms with Gasteiger partial charge < -0.3 is 9.47 Å². The highest BCUT2D eigenvalue weighted by atomic mass is 19.1. The van der Waals surface area contributed by atoms with E-state index in [2.05, 4.69) is 6.92 Å². The maximum atomic E-state index is 14.2. The van der Waals surface area contributed by atoms with Crippen molar-refractivity contribution < 1.29 is 18.7 Å². The summed E-state index contributed by atoms with van der Waals surface area (Å²) < 4.78 is 24.9. The van der Waals surface area contributed by atoms with Gasteiger partial charge in [-0.05, 0) is 42.7 Å². The Balaban J connectivity index is 1.81. The van der Waals surface area contributed by atoms with Gasteiger partial charge in [-0.3, -0.25) is 0 Å². The van der Waals surface area contributed by atoms with Crippen LogP contribution in [0.25, 0.3) is 0 Å². The number of benzene rings is 2. The van der Waals surface area contributed by atoms with Crippen molar-refractivity contribution in [2.45, 2.75) is 58.8 Å². The summed E-state index contributed by atoms with van der Waals surface area (Å²) in [4.78, 5) is 12.2. The number of halogens is 1. The highest BCUT2D eigenvalue weighted by Gasteiger charge is 2.11. The van der Waals surface area contributed by atoms with Gasteiger partial charge in [-0.15, -0.1) is 0 Å².